The van der Waals surface area contributed by atoms with E-state index < -0.39 is 0 Å². The molecule has 2 aromatic rings. The molecule has 1 heterocycles. The average Bonchev–Trinajstić information content (AvgIpc) is 2.61. The first-order chi connectivity index (χ1) is 8.49. The minimum Gasteiger partial charge on any atom is -0.305 e. The van der Waals surface area contributed by atoms with Gasteiger partial charge in [-0.3, -0.25) is 9.48 Å². The third-order valence-electron chi connectivity index (χ3n) is 2.79. The number of aromatic nitrogens is 2. The van der Waals surface area contributed by atoms with Gasteiger partial charge in [-0.2, -0.15) is 5.10 Å². The van der Waals surface area contributed by atoms with Gasteiger partial charge in [-0.25, -0.2) is 0 Å². The van der Waals surface area contributed by atoms with E-state index in [-0.39, 0.29) is 5.91 Å². The van der Waals surface area contributed by atoms with Crippen molar-refractivity contribution in [2.75, 3.05) is 5.32 Å². The van der Waals surface area contributed by atoms with E-state index in [1.54, 1.807) is 10.7 Å². The van der Waals surface area contributed by atoms with E-state index in [9.17, 15) is 4.79 Å². The molecule has 1 aromatic carbocycles. The lowest BCUT2D eigenvalue weighted by molar-refractivity contribution is 0.102. The third-order valence-corrected chi connectivity index (χ3v) is 3.84. The Hall–Kier alpha value is -1.62. The van der Waals surface area contributed by atoms with Crippen LogP contribution in [0.3, 0.4) is 0 Å². The molecule has 1 N–H and O–H groups in total. The second kappa shape index (κ2) is 4.94. The second-order valence-corrected chi connectivity index (χ2v) is 4.98. The number of nitrogens with one attached hydrogen (secondary N) is 1. The van der Waals surface area contributed by atoms with Crippen LogP contribution < -0.4 is 5.32 Å². The molecule has 18 heavy (non-hydrogen) atoms. The number of carbonyl (C=O) groups excluding carboxylic acids is 1. The molecule has 0 unspecified atom stereocenters. The summed E-state index contributed by atoms with van der Waals surface area (Å²) in [6.07, 6.45) is 0. The molecular weight excluding hydrogens is 294 g/mol. The van der Waals surface area contributed by atoms with Crippen LogP contribution in [0.4, 0.5) is 5.82 Å². The summed E-state index contributed by atoms with van der Waals surface area (Å²) in [4.78, 5) is 12.1. The average molecular weight is 308 g/mol. The maximum absolute atomic E-state index is 12.1. The minimum atomic E-state index is -0.163. The fourth-order valence-electron chi connectivity index (χ4n) is 1.63. The molecule has 0 aliphatic rings. The van der Waals surface area contributed by atoms with Gasteiger partial charge in [0.05, 0.1) is 5.56 Å². The highest BCUT2D eigenvalue weighted by Gasteiger charge is 2.13. The monoisotopic (exact) mass is 307 g/mol. The lowest BCUT2D eigenvalue weighted by atomic mass is 10.1. The van der Waals surface area contributed by atoms with Crippen LogP contribution in [-0.2, 0) is 7.05 Å². The summed E-state index contributed by atoms with van der Waals surface area (Å²) >= 11 is 3.43. The van der Waals surface area contributed by atoms with Gasteiger partial charge in [0.25, 0.3) is 5.91 Å². The van der Waals surface area contributed by atoms with E-state index in [1.165, 1.54) is 0 Å². The first-order valence-corrected chi connectivity index (χ1v) is 6.35. The molecule has 0 saturated carbocycles. The van der Waals surface area contributed by atoms with Gasteiger partial charge in [-0.05, 0) is 41.4 Å². The van der Waals surface area contributed by atoms with Crippen LogP contribution in [0.5, 0.6) is 0 Å². The van der Waals surface area contributed by atoms with Crippen LogP contribution in [-0.4, -0.2) is 15.7 Å². The Morgan fingerprint density at radius 3 is 2.72 bits per heavy atom. The number of rotatable bonds is 2. The summed E-state index contributed by atoms with van der Waals surface area (Å²) in [7, 11) is 1.84. The fourth-order valence-corrected chi connectivity index (χ4v) is 2.07. The number of carbonyl (C=O) groups is 1. The molecule has 0 aliphatic heterocycles. The van der Waals surface area contributed by atoms with Crippen molar-refractivity contribution in [3.8, 4) is 0 Å². The van der Waals surface area contributed by atoms with Crippen molar-refractivity contribution in [3.63, 3.8) is 0 Å². The molecule has 4 nitrogen and oxygen atoms in total. The largest absolute Gasteiger partial charge is 0.305 e. The van der Waals surface area contributed by atoms with Crippen molar-refractivity contribution in [3.05, 3.63) is 45.6 Å². The standard InChI is InChI=1S/C13H14BrN3O/c1-8-5-4-6-10(12(8)14)13(18)15-11-7-9(2)17(3)16-11/h4-7H,1-3H3,(H,15,16,18). The SMILES string of the molecule is Cc1cccc(C(=O)Nc2cc(C)n(C)n2)c1Br. The molecule has 2 rings (SSSR count). The molecule has 5 heteroatoms. The van der Waals surface area contributed by atoms with Crippen LogP contribution in [0.1, 0.15) is 21.6 Å². The van der Waals surface area contributed by atoms with Gasteiger partial charge in [0.2, 0.25) is 0 Å². The minimum absolute atomic E-state index is 0.163. The lowest BCUT2D eigenvalue weighted by Gasteiger charge is -2.06. The molecule has 0 bridgehead atoms. The van der Waals surface area contributed by atoms with E-state index in [2.05, 4.69) is 26.3 Å². The highest BCUT2D eigenvalue weighted by atomic mass is 79.9. The summed E-state index contributed by atoms with van der Waals surface area (Å²) in [5, 5.41) is 6.98. The molecule has 0 saturated heterocycles. The number of nitrogens with zero attached hydrogens (tertiary/aromatic N) is 2. The molecule has 0 atom stereocenters. The van der Waals surface area contributed by atoms with Crippen molar-refractivity contribution < 1.29 is 4.79 Å². The zero-order valence-electron chi connectivity index (χ0n) is 10.5. The van der Waals surface area contributed by atoms with Gasteiger partial charge in [0.15, 0.2) is 5.82 Å². The summed E-state index contributed by atoms with van der Waals surface area (Å²) in [5.74, 6) is 0.400. The highest BCUT2D eigenvalue weighted by molar-refractivity contribution is 9.10. The van der Waals surface area contributed by atoms with E-state index in [4.69, 9.17) is 0 Å². The Morgan fingerprint density at radius 1 is 1.39 bits per heavy atom. The van der Waals surface area contributed by atoms with Crippen molar-refractivity contribution in [1.29, 1.82) is 0 Å². The number of amides is 1. The number of anilines is 1. The van der Waals surface area contributed by atoms with Gasteiger partial charge >= 0.3 is 0 Å². The number of halogens is 1. The van der Waals surface area contributed by atoms with Gasteiger partial charge in [-0.15, -0.1) is 0 Å². The summed E-state index contributed by atoms with van der Waals surface area (Å²) in [6.45, 7) is 3.89. The Kier molecular flexibility index (Phi) is 3.52. The Bertz CT molecular complexity index is 585. The summed E-state index contributed by atoms with van der Waals surface area (Å²) in [6, 6.07) is 7.42. The Labute approximate surface area is 114 Å². The fraction of sp³-hybridized carbons (Fsp3) is 0.231. The molecule has 1 amide bonds. The van der Waals surface area contributed by atoms with Crippen LogP contribution in [0, 0.1) is 13.8 Å². The van der Waals surface area contributed by atoms with Crippen molar-refractivity contribution in [1.82, 2.24) is 9.78 Å². The summed E-state index contributed by atoms with van der Waals surface area (Å²) < 4.78 is 2.54. The van der Waals surface area contributed by atoms with Crippen molar-refractivity contribution >= 4 is 27.7 Å². The van der Waals surface area contributed by atoms with Gasteiger partial charge < -0.3 is 5.32 Å². The molecule has 0 radical (unpaired) electrons. The third kappa shape index (κ3) is 2.46. The van der Waals surface area contributed by atoms with Crippen LogP contribution in [0.2, 0.25) is 0 Å². The highest BCUT2D eigenvalue weighted by Crippen LogP contribution is 2.22. The van der Waals surface area contributed by atoms with Crippen LogP contribution in [0.25, 0.3) is 0 Å². The predicted molar refractivity (Wildman–Crippen MR) is 74.8 cm³/mol. The maximum Gasteiger partial charge on any atom is 0.258 e. The molecular formula is C13H14BrN3O. The Morgan fingerprint density at radius 2 is 2.11 bits per heavy atom. The van der Waals surface area contributed by atoms with Crippen molar-refractivity contribution in [2.24, 2.45) is 7.05 Å². The number of hydrogen-bond donors (Lipinski definition) is 1. The Balaban J connectivity index is 2.24. The second-order valence-electron chi connectivity index (χ2n) is 4.19. The lowest BCUT2D eigenvalue weighted by Crippen LogP contribution is -2.13. The molecule has 0 fully saturated rings. The quantitative estimate of drug-likeness (QED) is 0.927. The van der Waals surface area contributed by atoms with Crippen molar-refractivity contribution in [2.45, 2.75) is 13.8 Å². The number of benzene rings is 1. The molecule has 0 aliphatic carbocycles. The first kappa shape index (κ1) is 12.8. The zero-order chi connectivity index (χ0) is 13.3. The topological polar surface area (TPSA) is 46.9 Å². The van der Waals surface area contributed by atoms with E-state index >= 15 is 0 Å². The van der Waals surface area contributed by atoms with Gasteiger partial charge in [0, 0.05) is 23.3 Å². The van der Waals surface area contributed by atoms with E-state index in [1.807, 2.05) is 39.1 Å². The van der Waals surface area contributed by atoms with Gasteiger partial charge in [-0.1, -0.05) is 12.1 Å². The van der Waals surface area contributed by atoms with Gasteiger partial charge in [0.1, 0.15) is 0 Å². The van der Waals surface area contributed by atoms with E-state index in [0.717, 1.165) is 15.7 Å². The summed E-state index contributed by atoms with van der Waals surface area (Å²) in [5.41, 5.74) is 2.63. The zero-order valence-corrected chi connectivity index (χ0v) is 12.1. The predicted octanol–water partition coefficient (Wildman–Crippen LogP) is 3.05. The van der Waals surface area contributed by atoms with Crippen LogP contribution in [0.15, 0.2) is 28.7 Å². The van der Waals surface area contributed by atoms with E-state index in [0.29, 0.717) is 11.4 Å². The number of aryl methyl sites for hydroxylation is 3. The normalized spacial score (nSPS) is 10.4. The smallest absolute Gasteiger partial charge is 0.258 e. The molecule has 1 aromatic heterocycles. The first-order valence-electron chi connectivity index (χ1n) is 5.56. The molecule has 0 spiro atoms. The number of hydrogen-bond acceptors (Lipinski definition) is 2. The maximum atomic E-state index is 12.1. The van der Waals surface area contributed by atoms with Crippen LogP contribution >= 0.6 is 15.9 Å². The molecule has 94 valence electrons.